The van der Waals surface area contributed by atoms with E-state index in [1.165, 1.54) is 121 Å². The average molecular weight is 596 g/mol. The lowest BCUT2D eigenvalue weighted by atomic mass is 10.0. The van der Waals surface area contributed by atoms with Crippen molar-refractivity contribution >= 4 is 12.1 Å². The number of hydrogen-bond acceptors (Lipinski definition) is 4. The monoisotopic (exact) mass is 595 g/mol. The number of amides is 1. The SMILES string of the molecule is C#CCN(C(=O)OCOC(=O)CCCCCCCCCCCCCCCCCCCCCCC)C1CCc2ccccc21. The average Bonchev–Trinajstić information content (AvgIpc) is 3.44. The lowest BCUT2D eigenvalue weighted by Gasteiger charge is -2.27. The molecule has 1 aliphatic rings. The van der Waals surface area contributed by atoms with Crippen LogP contribution in [0.3, 0.4) is 0 Å². The predicted octanol–water partition coefficient (Wildman–Crippen LogP) is 10.8. The van der Waals surface area contributed by atoms with Gasteiger partial charge in [0, 0.05) is 6.42 Å². The molecular formula is C38H61NO4. The first-order chi connectivity index (χ1) is 21.2. The van der Waals surface area contributed by atoms with E-state index in [1.807, 2.05) is 18.2 Å². The van der Waals surface area contributed by atoms with Gasteiger partial charge in [0.2, 0.25) is 6.79 Å². The van der Waals surface area contributed by atoms with Gasteiger partial charge in [-0.15, -0.1) is 6.42 Å². The minimum atomic E-state index is -0.540. The smallest absolute Gasteiger partial charge is 0.413 e. The molecule has 0 saturated heterocycles. The van der Waals surface area contributed by atoms with Crippen LogP contribution in [0.15, 0.2) is 24.3 Å². The Morgan fingerprint density at radius 1 is 0.744 bits per heavy atom. The number of hydrogen-bond donors (Lipinski definition) is 0. The Bertz CT molecular complexity index is 907. The fraction of sp³-hybridized carbons (Fsp3) is 0.737. The zero-order chi connectivity index (χ0) is 30.8. The van der Waals surface area contributed by atoms with Crippen molar-refractivity contribution in [2.24, 2.45) is 0 Å². The van der Waals surface area contributed by atoms with E-state index in [0.29, 0.717) is 6.42 Å². The predicted molar refractivity (Wildman–Crippen MR) is 178 cm³/mol. The lowest BCUT2D eigenvalue weighted by Crippen LogP contribution is -2.35. The highest BCUT2D eigenvalue weighted by Crippen LogP contribution is 2.35. The van der Waals surface area contributed by atoms with Crippen molar-refractivity contribution in [1.29, 1.82) is 0 Å². The number of carbonyl (C=O) groups is 2. The molecule has 0 radical (unpaired) electrons. The number of benzene rings is 1. The van der Waals surface area contributed by atoms with Crippen LogP contribution >= 0.6 is 0 Å². The van der Waals surface area contributed by atoms with Crippen LogP contribution in [0.4, 0.5) is 4.79 Å². The van der Waals surface area contributed by atoms with E-state index in [2.05, 4.69) is 18.9 Å². The Labute approximate surface area is 263 Å². The molecule has 0 aromatic heterocycles. The Kier molecular flexibility index (Phi) is 21.3. The van der Waals surface area contributed by atoms with Gasteiger partial charge in [-0.1, -0.05) is 166 Å². The second kappa shape index (κ2) is 24.9. The number of nitrogens with zero attached hydrogens (tertiary/aromatic N) is 1. The van der Waals surface area contributed by atoms with Crippen LogP contribution in [0.25, 0.3) is 0 Å². The highest BCUT2D eigenvalue weighted by atomic mass is 16.7. The van der Waals surface area contributed by atoms with Crippen molar-refractivity contribution < 1.29 is 19.1 Å². The maximum Gasteiger partial charge on any atom is 0.413 e. The molecule has 0 N–H and O–H groups in total. The third-order valence-corrected chi connectivity index (χ3v) is 8.86. The highest BCUT2D eigenvalue weighted by molar-refractivity contribution is 5.71. The Balaban J connectivity index is 1.35. The summed E-state index contributed by atoms with van der Waals surface area (Å²) in [4.78, 5) is 26.3. The van der Waals surface area contributed by atoms with Gasteiger partial charge in [-0.25, -0.2) is 4.79 Å². The first-order valence-electron chi connectivity index (χ1n) is 17.8. The van der Waals surface area contributed by atoms with Gasteiger partial charge in [0.1, 0.15) is 0 Å². The van der Waals surface area contributed by atoms with E-state index in [0.717, 1.165) is 37.7 Å². The molecule has 1 aromatic rings. The van der Waals surface area contributed by atoms with E-state index >= 15 is 0 Å². The molecule has 0 fully saturated rings. The topological polar surface area (TPSA) is 55.8 Å². The van der Waals surface area contributed by atoms with Crippen LogP contribution in [0.5, 0.6) is 0 Å². The maximum absolute atomic E-state index is 12.7. The molecular weight excluding hydrogens is 534 g/mol. The normalized spacial score (nSPS) is 13.8. The fourth-order valence-electron chi connectivity index (χ4n) is 6.26. The molecule has 5 nitrogen and oxygen atoms in total. The standard InChI is InChI=1S/C38H61NO4/c1-3-5-6-7-8-9-10-11-12-13-14-15-16-17-18-19-20-21-22-23-24-29-37(40)42-33-43-38(41)39(32-4-2)36-31-30-34-27-25-26-28-35(34)36/h2,25-28,36H,3,5-24,29-33H2,1H3. The second-order valence-electron chi connectivity index (χ2n) is 12.5. The molecule has 0 bridgehead atoms. The summed E-state index contributed by atoms with van der Waals surface area (Å²) in [6, 6.07) is 7.99. The van der Waals surface area contributed by atoms with Crippen molar-refractivity contribution in [3.8, 4) is 12.3 Å². The zero-order valence-electron chi connectivity index (χ0n) is 27.4. The van der Waals surface area contributed by atoms with Gasteiger partial charge in [-0.2, -0.15) is 0 Å². The summed E-state index contributed by atoms with van der Waals surface area (Å²) >= 11 is 0. The number of carbonyl (C=O) groups excluding carboxylic acids is 2. The number of ether oxygens (including phenoxy) is 2. The van der Waals surface area contributed by atoms with Crippen LogP contribution < -0.4 is 0 Å². The van der Waals surface area contributed by atoms with E-state index in [1.54, 1.807) is 4.90 Å². The molecule has 43 heavy (non-hydrogen) atoms. The second-order valence-corrected chi connectivity index (χ2v) is 12.5. The van der Waals surface area contributed by atoms with Crippen molar-refractivity contribution in [3.05, 3.63) is 35.4 Å². The summed E-state index contributed by atoms with van der Waals surface area (Å²) in [5, 5.41) is 0. The minimum Gasteiger partial charge on any atom is -0.428 e. The van der Waals surface area contributed by atoms with Gasteiger partial charge in [-0.05, 0) is 30.4 Å². The van der Waals surface area contributed by atoms with Crippen LogP contribution in [0.2, 0.25) is 0 Å². The summed E-state index contributed by atoms with van der Waals surface area (Å²) in [5.74, 6) is 2.23. The molecule has 2 rings (SSSR count). The minimum absolute atomic E-state index is 0.102. The lowest BCUT2D eigenvalue weighted by molar-refractivity contribution is -0.152. The number of esters is 1. The third-order valence-electron chi connectivity index (χ3n) is 8.86. The molecule has 1 aliphatic carbocycles. The van der Waals surface area contributed by atoms with Crippen LogP contribution in [0, 0.1) is 12.3 Å². The maximum atomic E-state index is 12.7. The van der Waals surface area contributed by atoms with Gasteiger partial charge in [-0.3, -0.25) is 9.69 Å². The number of rotatable bonds is 26. The van der Waals surface area contributed by atoms with Gasteiger partial charge in [0.15, 0.2) is 0 Å². The molecule has 0 heterocycles. The summed E-state index contributed by atoms with van der Waals surface area (Å²) in [6.45, 7) is 2.07. The molecule has 1 unspecified atom stereocenters. The van der Waals surface area contributed by atoms with Crippen molar-refractivity contribution in [3.63, 3.8) is 0 Å². The summed E-state index contributed by atoms with van der Waals surface area (Å²) in [5.41, 5.74) is 2.35. The fourth-order valence-corrected chi connectivity index (χ4v) is 6.26. The molecule has 242 valence electrons. The van der Waals surface area contributed by atoms with Gasteiger partial charge >= 0.3 is 12.1 Å². The highest BCUT2D eigenvalue weighted by Gasteiger charge is 2.31. The van der Waals surface area contributed by atoms with E-state index in [4.69, 9.17) is 15.9 Å². The summed E-state index contributed by atoms with van der Waals surface area (Å²) in [6.07, 6.45) is 35.1. The third kappa shape index (κ3) is 16.8. The molecule has 0 spiro atoms. The quantitative estimate of drug-likeness (QED) is 0.0463. The van der Waals surface area contributed by atoms with E-state index in [9.17, 15) is 9.59 Å². The number of aryl methyl sites for hydroxylation is 1. The number of unbranched alkanes of at least 4 members (excludes halogenated alkanes) is 20. The van der Waals surface area contributed by atoms with Crippen LogP contribution in [0.1, 0.15) is 172 Å². The van der Waals surface area contributed by atoms with Gasteiger partial charge in [0.05, 0.1) is 12.6 Å². The summed E-state index contributed by atoms with van der Waals surface area (Å²) < 4.78 is 10.4. The van der Waals surface area contributed by atoms with Gasteiger partial charge in [0.25, 0.3) is 0 Å². The molecule has 1 aromatic carbocycles. The van der Waals surface area contributed by atoms with E-state index < -0.39 is 6.09 Å². The Morgan fingerprint density at radius 2 is 1.23 bits per heavy atom. The Morgan fingerprint density at radius 3 is 1.74 bits per heavy atom. The molecule has 0 saturated carbocycles. The summed E-state index contributed by atoms with van der Waals surface area (Å²) in [7, 11) is 0. The van der Waals surface area contributed by atoms with E-state index in [-0.39, 0.29) is 25.3 Å². The van der Waals surface area contributed by atoms with Crippen LogP contribution in [-0.4, -0.2) is 30.3 Å². The van der Waals surface area contributed by atoms with Crippen molar-refractivity contribution in [1.82, 2.24) is 4.90 Å². The first-order valence-corrected chi connectivity index (χ1v) is 17.8. The zero-order valence-corrected chi connectivity index (χ0v) is 27.4. The molecule has 5 heteroatoms. The van der Waals surface area contributed by atoms with Gasteiger partial charge < -0.3 is 9.47 Å². The molecule has 0 aliphatic heterocycles. The van der Waals surface area contributed by atoms with Crippen molar-refractivity contribution in [2.75, 3.05) is 13.3 Å². The van der Waals surface area contributed by atoms with Crippen molar-refractivity contribution in [2.45, 2.75) is 167 Å². The number of fused-ring (bicyclic) bond motifs is 1. The molecule has 1 atom stereocenters. The van der Waals surface area contributed by atoms with Crippen LogP contribution in [-0.2, 0) is 20.7 Å². The Hall–Kier alpha value is -2.48. The number of terminal acetylenes is 1. The molecule has 1 amide bonds. The first kappa shape index (κ1) is 36.7. The largest absolute Gasteiger partial charge is 0.428 e.